The predicted octanol–water partition coefficient (Wildman–Crippen LogP) is -1.08. The highest BCUT2D eigenvalue weighted by atomic mass is 31.1. The molecule has 5 N–H and O–H groups in total. The quantitative estimate of drug-likeness (QED) is 0.295. The SMILES string of the molecule is NC(N)[P+](=O)O. The Labute approximate surface area is 36.0 Å². The maximum atomic E-state index is 9.60. The lowest BCUT2D eigenvalue weighted by Crippen LogP contribution is -2.25. The molecular formula is CH6N2O2P+. The topological polar surface area (TPSA) is 89.3 Å². The highest BCUT2D eigenvalue weighted by Crippen LogP contribution is 2.11. The molecule has 0 aromatic heterocycles. The molecule has 0 aromatic carbocycles. The Hall–Kier alpha value is -0.0200. The van der Waals surface area contributed by atoms with Crippen LogP contribution in [0.1, 0.15) is 0 Å². The summed E-state index contributed by atoms with van der Waals surface area (Å²) in [4.78, 5) is 7.89. The normalized spacial score (nSPS) is 12.3. The van der Waals surface area contributed by atoms with Crippen molar-refractivity contribution in [1.82, 2.24) is 0 Å². The van der Waals surface area contributed by atoms with Crippen LogP contribution in [0.3, 0.4) is 0 Å². The molecule has 0 heterocycles. The Morgan fingerprint density at radius 2 is 1.83 bits per heavy atom. The van der Waals surface area contributed by atoms with E-state index < -0.39 is 13.9 Å². The van der Waals surface area contributed by atoms with E-state index in [1.165, 1.54) is 0 Å². The van der Waals surface area contributed by atoms with E-state index in [9.17, 15) is 4.57 Å². The molecule has 0 saturated carbocycles. The zero-order chi connectivity index (χ0) is 5.15. The lowest BCUT2D eigenvalue weighted by Gasteiger charge is -1.77. The van der Waals surface area contributed by atoms with Crippen LogP contribution in [0.4, 0.5) is 0 Å². The Balaban J connectivity index is 3.26. The van der Waals surface area contributed by atoms with Crippen molar-refractivity contribution in [3.63, 3.8) is 0 Å². The van der Waals surface area contributed by atoms with Crippen molar-refractivity contribution >= 4 is 8.03 Å². The molecule has 0 bridgehead atoms. The molecule has 0 aromatic rings. The van der Waals surface area contributed by atoms with E-state index in [-0.39, 0.29) is 0 Å². The molecule has 0 aliphatic rings. The second-order valence-corrected chi connectivity index (χ2v) is 1.99. The highest BCUT2D eigenvalue weighted by Gasteiger charge is 2.16. The van der Waals surface area contributed by atoms with Gasteiger partial charge < -0.3 is 0 Å². The van der Waals surface area contributed by atoms with Crippen molar-refractivity contribution in [3.8, 4) is 0 Å². The molecule has 0 amide bonds. The van der Waals surface area contributed by atoms with Gasteiger partial charge >= 0.3 is 8.03 Å². The molecule has 5 heteroatoms. The molecular weight excluding hydrogens is 103 g/mol. The molecule has 0 rings (SSSR count). The van der Waals surface area contributed by atoms with E-state index >= 15 is 0 Å². The molecule has 0 aliphatic carbocycles. The first-order chi connectivity index (χ1) is 2.64. The molecule has 0 aliphatic heterocycles. The summed E-state index contributed by atoms with van der Waals surface area (Å²) < 4.78 is 9.60. The van der Waals surface area contributed by atoms with Gasteiger partial charge in [-0.25, -0.2) is 0 Å². The average Bonchev–Trinajstić information content (AvgIpc) is 1.36. The zero-order valence-electron chi connectivity index (χ0n) is 3.03. The molecule has 0 spiro atoms. The fourth-order valence-corrected chi connectivity index (χ4v) is 0. The van der Waals surface area contributed by atoms with E-state index in [1.54, 1.807) is 0 Å². The minimum atomic E-state index is -2.35. The molecule has 0 fully saturated rings. The summed E-state index contributed by atoms with van der Waals surface area (Å²) in [5, 5.41) is 0. The van der Waals surface area contributed by atoms with Crippen LogP contribution in [-0.4, -0.2) is 10.8 Å². The van der Waals surface area contributed by atoms with Crippen LogP contribution in [0, 0.1) is 0 Å². The molecule has 1 atom stereocenters. The number of rotatable bonds is 1. The third-order valence-corrected chi connectivity index (χ3v) is 0.765. The van der Waals surface area contributed by atoms with Crippen molar-refractivity contribution in [1.29, 1.82) is 0 Å². The van der Waals surface area contributed by atoms with Crippen molar-refractivity contribution in [2.75, 3.05) is 0 Å². The van der Waals surface area contributed by atoms with Gasteiger partial charge in [-0.1, -0.05) is 0 Å². The minimum Gasteiger partial charge on any atom is -0.272 e. The van der Waals surface area contributed by atoms with Gasteiger partial charge in [0.15, 0.2) is 0 Å². The third kappa shape index (κ3) is 2.23. The fourth-order valence-electron chi connectivity index (χ4n) is 0. The van der Waals surface area contributed by atoms with E-state index in [2.05, 4.69) is 11.5 Å². The van der Waals surface area contributed by atoms with Gasteiger partial charge in [0, 0.05) is 0 Å². The maximum absolute atomic E-state index is 9.60. The van der Waals surface area contributed by atoms with Crippen LogP contribution in [0.5, 0.6) is 0 Å². The first-order valence-corrected chi connectivity index (χ1v) is 2.59. The van der Waals surface area contributed by atoms with Gasteiger partial charge in [-0.3, -0.25) is 11.5 Å². The van der Waals surface area contributed by atoms with Crippen LogP contribution in [0.15, 0.2) is 0 Å². The summed E-state index contributed by atoms with van der Waals surface area (Å²) in [5.41, 5.74) is 9.36. The summed E-state index contributed by atoms with van der Waals surface area (Å²) in [5.74, 6) is -1.08. The largest absolute Gasteiger partial charge is 0.540 e. The van der Waals surface area contributed by atoms with E-state index in [0.29, 0.717) is 0 Å². The van der Waals surface area contributed by atoms with Crippen LogP contribution in [0.25, 0.3) is 0 Å². The average molecular weight is 109 g/mol. The predicted molar refractivity (Wildman–Crippen MR) is 22.0 cm³/mol. The Bertz CT molecular complexity index is 62.6. The zero-order valence-corrected chi connectivity index (χ0v) is 3.93. The molecule has 1 unspecified atom stereocenters. The van der Waals surface area contributed by atoms with Crippen molar-refractivity contribution in [3.05, 3.63) is 0 Å². The molecule has 6 heavy (non-hydrogen) atoms. The van der Waals surface area contributed by atoms with Gasteiger partial charge in [-0.15, -0.1) is 0 Å². The van der Waals surface area contributed by atoms with Gasteiger partial charge in [-0.05, 0) is 4.57 Å². The van der Waals surface area contributed by atoms with Crippen molar-refractivity contribution in [2.24, 2.45) is 11.5 Å². The van der Waals surface area contributed by atoms with Crippen molar-refractivity contribution in [2.45, 2.75) is 5.91 Å². The lowest BCUT2D eigenvalue weighted by molar-refractivity contribution is 0.491. The van der Waals surface area contributed by atoms with Gasteiger partial charge in [0.1, 0.15) is 0 Å². The Kier molecular flexibility index (Phi) is 2.20. The van der Waals surface area contributed by atoms with Crippen LogP contribution in [-0.2, 0) is 4.57 Å². The number of nitrogens with two attached hydrogens (primary N) is 2. The molecule has 0 radical (unpaired) electrons. The third-order valence-electron chi connectivity index (χ3n) is 0.255. The summed E-state index contributed by atoms with van der Waals surface area (Å²) in [7, 11) is -2.35. The van der Waals surface area contributed by atoms with Gasteiger partial charge in [0.05, 0.1) is 0 Å². The standard InChI is InChI=1S/CH5N2O2P/c2-1(3)6(4)5/h1H,2-3H2/p+1. The van der Waals surface area contributed by atoms with Gasteiger partial charge in [-0.2, -0.15) is 4.89 Å². The summed E-state index contributed by atoms with van der Waals surface area (Å²) in [6.45, 7) is 0. The second kappa shape index (κ2) is 2.21. The summed E-state index contributed by atoms with van der Waals surface area (Å²) in [6.07, 6.45) is 0. The highest BCUT2D eigenvalue weighted by molar-refractivity contribution is 7.38. The van der Waals surface area contributed by atoms with Crippen LogP contribution < -0.4 is 11.5 Å². The first kappa shape index (κ1) is 5.98. The van der Waals surface area contributed by atoms with Crippen LogP contribution >= 0.6 is 8.03 Å². The Morgan fingerprint density at radius 1 is 1.67 bits per heavy atom. The summed E-state index contributed by atoms with van der Waals surface area (Å²) in [6, 6.07) is 0. The fraction of sp³-hybridized carbons (Fsp3) is 1.00. The van der Waals surface area contributed by atoms with Crippen LogP contribution in [0.2, 0.25) is 0 Å². The smallest absolute Gasteiger partial charge is 0.272 e. The monoisotopic (exact) mass is 109 g/mol. The van der Waals surface area contributed by atoms with E-state index in [1.807, 2.05) is 0 Å². The Morgan fingerprint density at radius 3 is 1.83 bits per heavy atom. The second-order valence-electron chi connectivity index (χ2n) is 0.793. The number of hydrogen-bond acceptors (Lipinski definition) is 3. The molecule has 36 valence electrons. The number of hydrogen-bond donors (Lipinski definition) is 3. The summed E-state index contributed by atoms with van der Waals surface area (Å²) >= 11 is 0. The van der Waals surface area contributed by atoms with E-state index in [4.69, 9.17) is 4.89 Å². The molecule has 0 saturated heterocycles. The van der Waals surface area contributed by atoms with Gasteiger partial charge in [0.2, 0.25) is 0 Å². The first-order valence-electron chi connectivity index (χ1n) is 1.31. The van der Waals surface area contributed by atoms with Crippen molar-refractivity contribution < 1.29 is 9.46 Å². The lowest BCUT2D eigenvalue weighted by atomic mass is 11.2. The molecule has 4 nitrogen and oxygen atoms in total. The minimum absolute atomic E-state index is 1.08. The maximum Gasteiger partial charge on any atom is 0.540 e. The van der Waals surface area contributed by atoms with Gasteiger partial charge in [0.25, 0.3) is 5.91 Å². The van der Waals surface area contributed by atoms with E-state index in [0.717, 1.165) is 0 Å².